The molecule has 0 unspecified atom stereocenters. The van der Waals surface area contributed by atoms with E-state index >= 15 is 0 Å². The highest BCUT2D eigenvalue weighted by Gasteiger charge is 2.29. The van der Waals surface area contributed by atoms with Gasteiger partial charge in [-0.2, -0.15) is 0 Å². The second kappa shape index (κ2) is 9.06. The summed E-state index contributed by atoms with van der Waals surface area (Å²) in [7, 11) is 0. The molecule has 1 aliphatic carbocycles. The van der Waals surface area contributed by atoms with Crippen molar-refractivity contribution in [1.82, 2.24) is 10.6 Å². The van der Waals surface area contributed by atoms with E-state index in [2.05, 4.69) is 17.6 Å². The number of carbonyl (C=O) groups is 2. The van der Waals surface area contributed by atoms with Crippen molar-refractivity contribution in [3.05, 3.63) is 35.9 Å². The molecule has 2 rings (SSSR count). The van der Waals surface area contributed by atoms with E-state index in [1.165, 1.54) is 6.42 Å². The minimum atomic E-state index is -0.652. The van der Waals surface area contributed by atoms with Crippen molar-refractivity contribution < 1.29 is 14.3 Å². The molecule has 2 amide bonds. The van der Waals surface area contributed by atoms with Crippen molar-refractivity contribution in [1.29, 1.82) is 0 Å². The van der Waals surface area contributed by atoms with Crippen LogP contribution >= 0.6 is 0 Å². The molecule has 1 aromatic rings. The van der Waals surface area contributed by atoms with Gasteiger partial charge in [0.2, 0.25) is 5.91 Å². The topological polar surface area (TPSA) is 67.4 Å². The fourth-order valence-corrected chi connectivity index (χ4v) is 3.32. The molecular weight excluding hydrogens is 328 g/mol. The minimum absolute atomic E-state index is 0.140. The first-order valence-corrected chi connectivity index (χ1v) is 9.58. The first-order valence-electron chi connectivity index (χ1n) is 9.58. The summed E-state index contributed by atoms with van der Waals surface area (Å²) in [5.74, 6) is 0.324. The van der Waals surface area contributed by atoms with Crippen LogP contribution in [0.5, 0.6) is 0 Å². The van der Waals surface area contributed by atoms with E-state index in [0.29, 0.717) is 12.3 Å². The molecule has 144 valence electrons. The summed E-state index contributed by atoms with van der Waals surface area (Å²) in [5, 5.41) is 5.90. The molecule has 1 fully saturated rings. The van der Waals surface area contributed by atoms with Crippen LogP contribution in [0.25, 0.3) is 0 Å². The molecule has 5 nitrogen and oxygen atoms in total. The molecule has 0 heterocycles. The van der Waals surface area contributed by atoms with Crippen molar-refractivity contribution in [2.24, 2.45) is 5.92 Å². The zero-order valence-corrected chi connectivity index (χ0v) is 16.4. The first-order chi connectivity index (χ1) is 12.2. The Hall–Kier alpha value is -2.04. The molecule has 5 heteroatoms. The third-order valence-electron chi connectivity index (χ3n) is 4.73. The number of alkyl carbamates (subject to hydrolysis) is 1. The monoisotopic (exact) mass is 360 g/mol. The lowest BCUT2D eigenvalue weighted by Gasteiger charge is -2.31. The Morgan fingerprint density at radius 3 is 2.42 bits per heavy atom. The fourth-order valence-electron chi connectivity index (χ4n) is 3.32. The van der Waals surface area contributed by atoms with Crippen LogP contribution in [0.2, 0.25) is 0 Å². The lowest BCUT2D eigenvalue weighted by molar-refractivity contribution is -0.124. The summed E-state index contributed by atoms with van der Waals surface area (Å²) < 4.78 is 5.34. The number of benzene rings is 1. The summed E-state index contributed by atoms with van der Waals surface area (Å²) in [6, 6.07) is 9.24. The molecular formula is C21H32N2O3. The minimum Gasteiger partial charge on any atom is -0.444 e. The van der Waals surface area contributed by atoms with Gasteiger partial charge in [-0.1, -0.05) is 50.1 Å². The highest BCUT2D eigenvalue weighted by molar-refractivity contribution is 5.86. The number of rotatable bonds is 5. The van der Waals surface area contributed by atoms with E-state index in [-0.39, 0.29) is 11.9 Å². The summed E-state index contributed by atoms with van der Waals surface area (Å²) >= 11 is 0. The molecule has 0 spiro atoms. The largest absolute Gasteiger partial charge is 0.444 e. The second-order valence-corrected chi connectivity index (χ2v) is 8.27. The molecule has 26 heavy (non-hydrogen) atoms. The highest BCUT2D eigenvalue weighted by atomic mass is 16.6. The first kappa shape index (κ1) is 20.3. The maximum Gasteiger partial charge on any atom is 0.408 e. The van der Waals surface area contributed by atoms with E-state index in [4.69, 9.17) is 4.74 Å². The Morgan fingerprint density at radius 1 is 1.15 bits per heavy atom. The third kappa shape index (κ3) is 6.70. The lowest BCUT2D eigenvalue weighted by Crippen LogP contribution is -2.53. The van der Waals surface area contributed by atoms with Crippen molar-refractivity contribution in [2.45, 2.75) is 77.5 Å². The van der Waals surface area contributed by atoms with Gasteiger partial charge in [-0.25, -0.2) is 4.79 Å². The average Bonchev–Trinajstić information content (AvgIpc) is 2.55. The zero-order valence-electron chi connectivity index (χ0n) is 16.4. The maximum absolute atomic E-state index is 12.9. The molecule has 0 aromatic heterocycles. The highest BCUT2D eigenvalue weighted by Crippen LogP contribution is 2.23. The van der Waals surface area contributed by atoms with E-state index in [1.807, 2.05) is 51.1 Å². The molecule has 2 N–H and O–H groups in total. The van der Waals surface area contributed by atoms with Gasteiger partial charge in [-0.05, 0) is 45.1 Å². The lowest BCUT2D eigenvalue weighted by atomic mass is 9.85. The van der Waals surface area contributed by atoms with Crippen LogP contribution in [0, 0.1) is 5.92 Å². The molecule has 0 aliphatic heterocycles. The summed E-state index contributed by atoms with van der Waals surface area (Å²) in [5.41, 5.74) is 0.399. The summed E-state index contributed by atoms with van der Waals surface area (Å²) in [6.45, 7) is 7.60. The smallest absolute Gasteiger partial charge is 0.408 e. The predicted octanol–water partition coefficient (Wildman–Crippen LogP) is 3.82. The van der Waals surface area contributed by atoms with Crippen molar-refractivity contribution >= 4 is 12.0 Å². The normalized spacial score (nSPS) is 21.5. The third-order valence-corrected chi connectivity index (χ3v) is 4.73. The summed E-state index contributed by atoms with van der Waals surface area (Å²) in [6.07, 6.45) is 4.36. The molecule has 1 aromatic carbocycles. The standard InChI is InChI=1S/C21H32N2O3/c1-15-10-8-9-13-17(15)22-19(24)18(14-16-11-6-5-7-12-16)23-20(25)26-21(2,3)4/h5-7,11-12,15,17-18H,8-10,13-14H2,1-4H3,(H,22,24)(H,23,25)/t15-,17-,18-/m0/s1. The van der Waals surface area contributed by atoms with Gasteiger partial charge in [-0.3, -0.25) is 4.79 Å². The molecule has 1 saturated carbocycles. The van der Waals surface area contributed by atoms with Crippen LogP contribution in [-0.2, 0) is 16.0 Å². The van der Waals surface area contributed by atoms with E-state index in [1.54, 1.807) is 0 Å². The Labute approximate surface area is 156 Å². The Bertz CT molecular complexity index is 595. The van der Waals surface area contributed by atoms with Crippen LogP contribution in [-0.4, -0.2) is 29.7 Å². The number of amides is 2. The van der Waals surface area contributed by atoms with Gasteiger partial charge in [0, 0.05) is 12.5 Å². The van der Waals surface area contributed by atoms with Crippen LogP contribution in [0.4, 0.5) is 4.79 Å². The Morgan fingerprint density at radius 2 is 1.81 bits per heavy atom. The predicted molar refractivity (Wildman–Crippen MR) is 103 cm³/mol. The second-order valence-electron chi connectivity index (χ2n) is 8.27. The molecule has 3 atom stereocenters. The SMILES string of the molecule is C[C@H]1CCCC[C@@H]1NC(=O)[C@H](Cc1ccccc1)NC(=O)OC(C)(C)C. The van der Waals surface area contributed by atoms with Crippen molar-refractivity contribution in [3.63, 3.8) is 0 Å². The maximum atomic E-state index is 12.9. The zero-order chi connectivity index (χ0) is 19.2. The molecule has 1 aliphatic rings. The van der Waals surface area contributed by atoms with Gasteiger partial charge in [0.25, 0.3) is 0 Å². The number of hydrogen-bond donors (Lipinski definition) is 2. The van der Waals surface area contributed by atoms with Gasteiger partial charge in [0.05, 0.1) is 0 Å². The van der Waals surface area contributed by atoms with Gasteiger partial charge in [-0.15, -0.1) is 0 Å². The number of carbonyl (C=O) groups excluding carboxylic acids is 2. The Kier molecular flexibility index (Phi) is 7.06. The number of nitrogens with one attached hydrogen (secondary N) is 2. The van der Waals surface area contributed by atoms with Crippen LogP contribution in [0.1, 0.15) is 58.9 Å². The van der Waals surface area contributed by atoms with E-state index < -0.39 is 17.7 Å². The summed E-state index contributed by atoms with van der Waals surface area (Å²) in [4.78, 5) is 25.1. The van der Waals surface area contributed by atoms with Gasteiger partial charge in [0.15, 0.2) is 0 Å². The Balaban J connectivity index is 2.05. The van der Waals surface area contributed by atoms with Crippen molar-refractivity contribution in [2.75, 3.05) is 0 Å². The van der Waals surface area contributed by atoms with Gasteiger partial charge >= 0.3 is 6.09 Å². The molecule has 0 radical (unpaired) electrons. The molecule has 0 saturated heterocycles. The fraction of sp³-hybridized carbons (Fsp3) is 0.619. The van der Waals surface area contributed by atoms with Gasteiger partial charge in [0.1, 0.15) is 11.6 Å². The molecule has 0 bridgehead atoms. The van der Waals surface area contributed by atoms with Gasteiger partial charge < -0.3 is 15.4 Å². The number of ether oxygens (including phenoxy) is 1. The quantitative estimate of drug-likeness (QED) is 0.839. The van der Waals surface area contributed by atoms with Crippen molar-refractivity contribution in [3.8, 4) is 0 Å². The number of hydrogen-bond acceptors (Lipinski definition) is 3. The van der Waals surface area contributed by atoms with Crippen LogP contribution in [0.15, 0.2) is 30.3 Å². The van der Waals surface area contributed by atoms with Crippen LogP contribution in [0.3, 0.4) is 0 Å². The van der Waals surface area contributed by atoms with E-state index in [9.17, 15) is 9.59 Å². The van der Waals surface area contributed by atoms with Crippen LogP contribution < -0.4 is 10.6 Å². The van der Waals surface area contributed by atoms with E-state index in [0.717, 1.165) is 24.8 Å². The average molecular weight is 360 g/mol.